The van der Waals surface area contributed by atoms with Crippen LogP contribution in [-0.4, -0.2) is 18.6 Å². The largest absolute Gasteiger partial charge is 0.496 e. The number of methoxy groups -OCH3 is 1. The monoisotopic (exact) mass is 295 g/mol. The van der Waals surface area contributed by atoms with Gasteiger partial charge in [-0.2, -0.15) is 0 Å². The SMILES string of the molecule is COc1ccccc1C1ON=C(C)C1C(=O)c1ccccc1. The molecule has 0 aromatic heterocycles. The Hall–Kier alpha value is -2.62. The molecule has 0 fully saturated rings. The molecule has 2 aromatic carbocycles. The lowest BCUT2D eigenvalue weighted by molar-refractivity contribution is 0.0521. The molecule has 0 saturated heterocycles. The number of hydrogen-bond acceptors (Lipinski definition) is 4. The maximum Gasteiger partial charge on any atom is 0.175 e. The van der Waals surface area contributed by atoms with E-state index >= 15 is 0 Å². The van der Waals surface area contributed by atoms with E-state index < -0.39 is 12.0 Å². The molecule has 4 heteroatoms. The predicted molar refractivity (Wildman–Crippen MR) is 84.2 cm³/mol. The van der Waals surface area contributed by atoms with Crippen molar-refractivity contribution in [1.82, 2.24) is 0 Å². The summed E-state index contributed by atoms with van der Waals surface area (Å²) >= 11 is 0. The Morgan fingerprint density at radius 3 is 2.50 bits per heavy atom. The molecule has 0 spiro atoms. The summed E-state index contributed by atoms with van der Waals surface area (Å²) in [4.78, 5) is 18.4. The van der Waals surface area contributed by atoms with Crippen molar-refractivity contribution in [3.05, 3.63) is 65.7 Å². The third kappa shape index (κ3) is 2.48. The van der Waals surface area contributed by atoms with Crippen LogP contribution in [0.4, 0.5) is 0 Å². The van der Waals surface area contributed by atoms with Crippen molar-refractivity contribution >= 4 is 11.5 Å². The first-order valence-electron chi connectivity index (χ1n) is 7.15. The molecule has 112 valence electrons. The number of Topliss-reactive ketones (excluding diaryl/α,β-unsaturated/α-hetero) is 1. The maximum absolute atomic E-state index is 12.8. The van der Waals surface area contributed by atoms with Gasteiger partial charge in [0.1, 0.15) is 11.7 Å². The van der Waals surface area contributed by atoms with E-state index in [9.17, 15) is 4.79 Å². The maximum atomic E-state index is 12.8. The molecule has 0 amide bonds. The predicted octanol–water partition coefficient (Wildman–Crippen LogP) is 3.64. The molecule has 0 N–H and O–H groups in total. The Kier molecular flexibility index (Phi) is 3.92. The number of hydrogen-bond donors (Lipinski definition) is 0. The normalized spacial score (nSPS) is 20.2. The first-order chi connectivity index (χ1) is 10.7. The molecule has 0 bridgehead atoms. The lowest BCUT2D eigenvalue weighted by atomic mass is 9.86. The van der Waals surface area contributed by atoms with Gasteiger partial charge < -0.3 is 9.57 Å². The van der Waals surface area contributed by atoms with E-state index in [2.05, 4.69) is 5.16 Å². The number of benzene rings is 2. The molecular formula is C18H17NO3. The molecule has 2 atom stereocenters. The van der Waals surface area contributed by atoms with E-state index in [4.69, 9.17) is 9.57 Å². The van der Waals surface area contributed by atoms with Crippen LogP contribution in [0.15, 0.2) is 59.8 Å². The Bertz CT molecular complexity index is 709. The lowest BCUT2D eigenvalue weighted by Gasteiger charge is -2.19. The standard InChI is InChI=1S/C18H17NO3/c1-12-16(17(20)13-8-4-3-5-9-13)18(22-19-12)14-10-6-7-11-15(14)21-2/h3-11,16,18H,1-2H3. The Morgan fingerprint density at radius 1 is 1.09 bits per heavy atom. The van der Waals surface area contributed by atoms with Gasteiger partial charge in [-0.3, -0.25) is 4.79 Å². The molecule has 2 unspecified atom stereocenters. The van der Waals surface area contributed by atoms with Crippen molar-refractivity contribution < 1.29 is 14.4 Å². The summed E-state index contributed by atoms with van der Waals surface area (Å²) in [5.41, 5.74) is 2.18. The molecule has 3 rings (SSSR count). The first-order valence-corrected chi connectivity index (χ1v) is 7.15. The molecular weight excluding hydrogens is 278 g/mol. The number of carbonyl (C=O) groups excluding carboxylic acids is 1. The van der Waals surface area contributed by atoms with Crippen molar-refractivity contribution in [3.8, 4) is 5.75 Å². The van der Waals surface area contributed by atoms with Gasteiger partial charge >= 0.3 is 0 Å². The van der Waals surface area contributed by atoms with E-state index in [1.54, 1.807) is 7.11 Å². The van der Waals surface area contributed by atoms with Crippen LogP contribution in [0.3, 0.4) is 0 Å². The van der Waals surface area contributed by atoms with E-state index in [0.717, 1.165) is 5.56 Å². The number of oxime groups is 1. The molecule has 1 heterocycles. The summed E-state index contributed by atoms with van der Waals surface area (Å²) in [6, 6.07) is 16.8. The van der Waals surface area contributed by atoms with Crippen LogP contribution < -0.4 is 4.74 Å². The fraction of sp³-hybridized carbons (Fsp3) is 0.222. The fourth-order valence-corrected chi connectivity index (χ4v) is 2.72. The zero-order valence-corrected chi connectivity index (χ0v) is 12.5. The van der Waals surface area contributed by atoms with Gasteiger partial charge in [-0.05, 0) is 13.0 Å². The van der Waals surface area contributed by atoms with E-state index in [-0.39, 0.29) is 5.78 Å². The van der Waals surface area contributed by atoms with Gasteiger partial charge in [0, 0.05) is 11.1 Å². The van der Waals surface area contributed by atoms with E-state index in [1.165, 1.54) is 0 Å². The van der Waals surface area contributed by atoms with Crippen LogP contribution in [0, 0.1) is 5.92 Å². The van der Waals surface area contributed by atoms with Gasteiger partial charge in [0.2, 0.25) is 0 Å². The summed E-state index contributed by atoms with van der Waals surface area (Å²) < 4.78 is 5.38. The Labute approximate surface area is 129 Å². The molecule has 1 aliphatic heterocycles. The van der Waals surface area contributed by atoms with Crippen molar-refractivity contribution in [1.29, 1.82) is 0 Å². The fourth-order valence-electron chi connectivity index (χ4n) is 2.72. The van der Waals surface area contributed by atoms with Gasteiger partial charge in [0.25, 0.3) is 0 Å². The molecule has 0 saturated carbocycles. The first kappa shape index (κ1) is 14.3. The van der Waals surface area contributed by atoms with Crippen LogP contribution in [0.2, 0.25) is 0 Å². The second-order valence-corrected chi connectivity index (χ2v) is 5.21. The number of ether oxygens (including phenoxy) is 1. The van der Waals surface area contributed by atoms with Crippen molar-refractivity contribution in [3.63, 3.8) is 0 Å². The minimum absolute atomic E-state index is 0.00950. The highest BCUT2D eigenvalue weighted by Gasteiger charge is 2.40. The second-order valence-electron chi connectivity index (χ2n) is 5.21. The Balaban J connectivity index is 1.98. The molecule has 0 radical (unpaired) electrons. The highest BCUT2D eigenvalue weighted by atomic mass is 16.6. The average Bonchev–Trinajstić information content (AvgIpc) is 2.96. The number of rotatable bonds is 4. The molecule has 0 aliphatic carbocycles. The van der Waals surface area contributed by atoms with Crippen LogP contribution >= 0.6 is 0 Å². The summed E-state index contributed by atoms with van der Waals surface area (Å²) in [6.07, 6.45) is -0.455. The lowest BCUT2D eigenvalue weighted by Crippen LogP contribution is -2.25. The van der Waals surface area contributed by atoms with E-state index in [0.29, 0.717) is 17.0 Å². The van der Waals surface area contributed by atoms with Crippen molar-refractivity contribution in [2.24, 2.45) is 11.1 Å². The smallest absolute Gasteiger partial charge is 0.175 e. The van der Waals surface area contributed by atoms with Crippen LogP contribution in [0.1, 0.15) is 28.9 Å². The van der Waals surface area contributed by atoms with Crippen molar-refractivity contribution in [2.75, 3.05) is 7.11 Å². The van der Waals surface area contributed by atoms with Gasteiger partial charge in [0.05, 0.1) is 12.8 Å². The summed E-state index contributed by atoms with van der Waals surface area (Å²) in [5.74, 6) is 0.275. The molecule has 1 aliphatic rings. The summed E-state index contributed by atoms with van der Waals surface area (Å²) in [6.45, 7) is 1.82. The van der Waals surface area contributed by atoms with E-state index in [1.807, 2.05) is 61.5 Å². The second kappa shape index (κ2) is 6.02. The van der Waals surface area contributed by atoms with Crippen molar-refractivity contribution in [2.45, 2.75) is 13.0 Å². The molecule has 2 aromatic rings. The zero-order chi connectivity index (χ0) is 15.5. The summed E-state index contributed by atoms with van der Waals surface area (Å²) in [7, 11) is 1.61. The number of carbonyl (C=O) groups is 1. The summed E-state index contributed by atoms with van der Waals surface area (Å²) in [5, 5.41) is 4.04. The highest BCUT2D eigenvalue weighted by Crippen LogP contribution is 2.39. The van der Waals surface area contributed by atoms with Crippen LogP contribution in [-0.2, 0) is 4.84 Å². The zero-order valence-electron chi connectivity index (χ0n) is 12.5. The van der Waals surface area contributed by atoms with Gasteiger partial charge in [0.15, 0.2) is 11.9 Å². The molecule has 4 nitrogen and oxygen atoms in total. The third-order valence-electron chi connectivity index (χ3n) is 3.85. The van der Waals surface area contributed by atoms with Gasteiger partial charge in [-0.25, -0.2) is 0 Å². The van der Waals surface area contributed by atoms with Gasteiger partial charge in [-0.1, -0.05) is 53.7 Å². The van der Waals surface area contributed by atoms with Gasteiger partial charge in [-0.15, -0.1) is 0 Å². The number of para-hydroxylation sites is 1. The minimum Gasteiger partial charge on any atom is -0.496 e. The highest BCUT2D eigenvalue weighted by molar-refractivity contribution is 6.12. The Morgan fingerprint density at radius 2 is 1.77 bits per heavy atom. The third-order valence-corrected chi connectivity index (χ3v) is 3.85. The molecule has 22 heavy (non-hydrogen) atoms. The average molecular weight is 295 g/mol. The van der Waals surface area contributed by atoms with Crippen LogP contribution in [0.5, 0.6) is 5.75 Å². The quantitative estimate of drug-likeness (QED) is 0.809. The topological polar surface area (TPSA) is 47.9 Å². The number of nitrogens with zero attached hydrogens (tertiary/aromatic N) is 1. The van der Waals surface area contributed by atoms with Crippen LogP contribution in [0.25, 0.3) is 0 Å². The number of ketones is 1. The minimum atomic E-state index is -0.455.